The minimum atomic E-state index is -0.132. The molecule has 128 valence electrons. The van der Waals surface area contributed by atoms with Gasteiger partial charge in [0, 0.05) is 32.0 Å². The van der Waals surface area contributed by atoms with Crippen molar-refractivity contribution in [2.24, 2.45) is 0 Å². The van der Waals surface area contributed by atoms with Crippen LogP contribution in [0.1, 0.15) is 24.2 Å². The smallest absolute Gasteiger partial charge is 0.227 e. The number of fused-ring (bicyclic) bond motifs is 1. The van der Waals surface area contributed by atoms with E-state index in [-0.39, 0.29) is 17.0 Å². The molecule has 0 bridgehead atoms. The van der Waals surface area contributed by atoms with Gasteiger partial charge in [-0.2, -0.15) is 0 Å². The Labute approximate surface area is 150 Å². The molecule has 0 aliphatic rings. The number of anilines is 1. The fourth-order valence-corrected chi connectivity index (χ4v) is 2.93. The Bertz CT molecular complexity index is 934. The largest absolute Gasteiger partial charge is 0.295 e. The van der Waals surface area contributed by atoms with Crippen LogP contribution in [-0.4, -0.2) is 33.1 Å². The number of carbonyl (C=O) groups excluding carboxylic acids is 2. The zero-order valence-electron chi connectivity index (χ0n) is 13.9. The van der Waals surface area contributed by atoms with Crippen molar-refractivity contribution in [2.45, 2.75) is 20.3 Å². The second kappa shape index (κ2) is 7.03. The maximum Gasteiger partial charge on any atom is 0.227 e. The zero-order chi connectivity index (χ0) is 18.0. The van der Waals surface area contributed by atoms with Gasteiger partial charge < -0.3 is 0 Å². The van der Waals surface area contributed by atoms with Crippen LogP contribution in [0.2, 0.25) is 5.15 Å². The highest BCUT2D eigenvalue weighted by atomic mass is 35.5. The summed E-state index contributed by atoms with van der Waals surface area (Å²) in [6.45, 7) is 3.44. The van der Waals surface area contributed by atoms with Gasteiger partial charge in [0.2, 0.25) is 11.8 Å². The topological polar surface area (TPSA) is 68.1 Å². The molecule has 1 amide bonds. The lowest BCUT2D eigenvalue weighted by atomic mass is 10.1. The van der Waals surface area contributed by atoms with Crippen LogP contribution in [-0.2, 0) is 11.2 Å². The van der Waals surface area contributed by atoms with Crippen molar-refractivity contribution in [1.29, 1.82) is 0 Å². The fraction of sp³-hybridized carbons (Fsp3) is 0.222. The first-order valence-corrected chi connectivity index (χ1v) is 8.22. The van der Waals surface area contributed by atoms with Crippen molar-refractivity contribution in [3.8, 4) is 0 Å². The highest BCUT2D eigenvalue weighted by Crippen LogP contribution is 2.23. The van der Waals surface area contributed by atoms with Gasteiger partial charge in [0.25, 0.3) is 0 Å². The summed E-state index contributed by atoms with van der Waals surface area (Å²) in [5.74, 6) is 0.272. The molecule has 0 N–H and O–H groups in total. The first-order valence-electron chi connectivity index (χ1n) is 7.84. The Morgan fingerprint density at radius 1 is 1.12 bits per heavy atom. The van der Waals surface area contributed by atoms with Crippen LogP contribution in [0, 0.1) is 0 Å². The number of hydrogen-bond acceptors (Lipinski definition) is 4. The van der Waals surface area contributed by atoms with Gasteiger partial charge in [-0.05, 0) is 30.2 Å². The van der Waals surface area contributed by atoms with E-state index < -0.39 is 0 Å². The molecule has 0 saturated heterocycles. The number of rotatable bonds is 4. The SMILES string of the molecule is CC(=O)N(CCc1cn(C(C)=O)c2ccccc12)c1ccc(Cl)nn1. The van der Waals surface area contributed by atoms with E-state index in [2.05, 4.69) is 10.2 Å². The standard InChI is InChI=1S/C18H17ClN4O2/c1-12(24)22(18-8-7-17(19)20-21-18)10-9-14-11-23(13(2)25)16-6-4-3-5-15(14)16/h3-8,11H,9-10H2,1-2H3. The fourth-order valence-electron chi connectivity index (χ4n) is 2.83. The Morgan fingerprint density at radius 3 is 2.52 bits per heavy atom. The third kappa shape index (κ3) is 3.53. The van der Waals surface area contributed by atoms with Crippen LogP contribution in [0.5, 0.6) is 0 Å². The number of benzene rings is 1. The molecule has 0 aliphatic heterocycles. The van der Waals surface area contributed by atoms with E-state index in [9.17, 15) is 9.59 Å². The molecule has 25 heavy (non-hydrogen) atoms. The van der Waals surface area contributed by atoms with Crippen LogP contribution < -0.4 is 4.90 Å². The predicted octanol–water partition coefficient (Wildman–Crippen LogP) is 3.34. The summed E-state index contributed by atoms with van der Waals surface area (Å²) in [5, 5.41) is 9.04. The molecule has 2 heterocycles. The number of carbonyl (C=O) groups is 2. The van der Waals surface area contributed by atoms with Gasteiger partial charge >= 0.3 is 0 Å². The second-order valence-electron chi connectivity index (χ2n) is 5.70. The molecule has 0 radical (unpaired) electrons. The van der Waals surface area contributed by atoms with Crippen molar-refractivity contribution in [1.82, 2.24) is 14.8 Å². The van der Waals surface area contributed by atoms with E-state index in [0.29, 0.717) is 18.8 Å². The normalized spacial score (nSPS) is 10.8. The van der Waals surface area contributed by atoms with E-state index in [1.54, 1.807) is 21.6 Å². The van der Waals surface area contributed by atoms with Crippen LogP contribution in [0.25, 0.3) is 10.9 Å². The molecule has 0 saturated carbocycles. The van der Waals surface area contributed by atoms with E-state index in [0.717, 1.165) is 16.5 Å². The molecular formula is C18H17ClN4O2. The van der Waals surface area contributed by atoms with Crippen LogP contribution in [0.4, 0.5) is 5.82 Å². The first-order chi connectivity index (χ1) is 12.0. The van der Waals surface area contributed by atoms with Crippen LogP contribution in [0.3, 0.4) is 0 Å². The monoisotopic (exact) mass is 356 g/mol. The van der Waals surface area contributed by atoms with Gasteiger partial charge in [-0.15, -0.1) is 10.2 Å². The molecule has 2 aromatic heterocycles. The molecule has 6 nitrogen and oxygen atoms in total. The maximum absolute atomic E-state index is 12.0. The molecule has 0 aliphatic carbocycles. The zero-order valence-corrected chi connectivity index (χ0v) is 14.7. The molecule has 1 aromatic carbocycles. The van der Waals surface area contributed by atoms with Gasteiger partial charge in [0.15, 0.2) is 11.0 Å². The highest BCUT2D eigenvalue weighted by molar-refractivity contribution is 6.29. The Balaban J connectivity index is 1.89. The lowest BCUT2D eigenvalue weighted by Crippen LogP contribution is -2.31. The molecule has 0 unspecified atom stereocenters. The molecule has 0 fully saturated rings. The number of hydrogen-bond donors (Lipinski definition) is 0. The summed E-state index contributed by atoms with van der Waals surface area (Å²) < 4.78 is 1.63. The number of aromatic nitrogens is 3. The summed E-state index contributed by atoms with van der Waals surface area (Å²) in [7, 11) is 0. The summed E-state index contributed by atoms with van der Waals surface area (Å²) in [6, 6.07) is 11.0. The highest BCUT2D eigenvalue weighted by Gasteiger charge is 2.16. The number of amides is 1. The third-order valence-electron chi connectivity index (χ3n) is 4.01. The third-order valence-corrected chi connectivity index (χ3v) is 4.21. The average Bonchev–Trinajstić information content (AvgIpc) is 2.96. The van der Waals surface area contributed by atoms with Crippen molar-refractivity contribution in [3.05, 3.63) is 53.3 Å². The quantitative estimate of drug-likeness (QED) is 0.719. The maximum atomic E-state index is 12.0. The molecule has 7 heteroatoms. The minimum absolute atomic E-state index is 0.0468. The van der Waals surface area contributed by atoms with Crippen molar-refractivity contribution < 1.29 is 9.59 Å². The molecule has 0 spiro atoms. The average molecular weight is 357 g/mol. The molecular weight excluding hydrogens is 340 g/mol. The van der Waals surface area contributed by atoms with E-state index in [1.165, 1.54) is 13.8 Å². The van der Waals surface area contributed by atoms with Gasteiger partial charge in [0.1, 0.15) is 0 Å². The first kappa shape index (κ1) is 17.1. The summed E-state index contributed by atoms with van der Waals surface area (Å²) in [4.78, 5) is 25.4. The van der Waals surface area contributed by atoms with Crippen molar-refractivity contribution in [2.75, 3.05) is 11.4 Å². The molecule has 0 atom stereocenters. The van der Waals surface area contributed by atoms with Crippen LogP contribution in [0.15, 0.2) is 42.6 Å². The summed E-state index contributed by atoms with van der Waals surface area (Å²) in [6.07, 6.45) is 2.42. The number of nitrogens with zero attached hydrogens (tertiary/aromatic N) is 4. The Hall–Kier alpha value is -2.73. The van der Waals surface area contributed by atoms with Gasteiger partial charge in [0.05, 0.1) is 5.52 Å². The van der Waals surface area contributed by atoms with Gasteiger partial charge in [-0.1, -0.05) is 29.8 Å². The second-order valence-corrected chi connectivity index (χ2v) is 6.08. The Kier molecular flexibility index (Phi) is 4.81. The molecule has 3 aromatic rings. The van der Waals surface area contributed by atoms with E-state index in [4.69, 9.17) is 11.6 Å². The lowest BCUT2D eigenvalue weighted by Gasteiger charge is -2.19. The summed E-state index contributed by atoms with van der Waals surface area (Å²) >= 11 is 5.75. The number of para-hydroxylation sites is 1. The number of halogens is 1. The Morgan fingerprint density at radius 2 is 1.88 bits per heavy atom. The summed E-state index contributed by atoms with van der Waals surface area (Å²) in [5.41, 5.74) is 1.87. The van der Waals surface area contributed by atoms with Crippen LogP contribution >= 0.6 is 11.6 Å². The van der Waals surface area contributed by atoms with Crippen molar-refractivity contribution >= 4 is 40.1 Å². The van der Waals surface area contributed by atoms with E-state index in [1.807, 2.05) is 30.5 Å². The van der Waals surface area contributed by atoms with E-state index >= 15 is 0 Å². The van der Waals surface area contributed by atoms with Gasteiger partial charge in [-0.25, -0.2) is 0 Å². The predicted molar refractivity (Wildman–Crippen MR) is 97.0 cm³/mol. The van der Waals surface area contributed by atoms with Gasteiger partial charge in [-0.3, -0.25) is 19.1 Å². The van der Waals surface area contributed by atoms with Crippen molar-refractivity contribution in [3.63, 3.8) is 0 Å². The molecule has 3 rings (SSSR count). The lowest BCUT2D eigenvalue weighted by molar-refractivity contribution is -0.116. The minimum Gasteiger partial charge on any atom is -0.295 e.